The number of nitrogens with two attached hydrogens (primary N) is 1. The number of anilines is 1. The van der Waals surface area contributed by atoms with Crippen LogP contribution in [0.4, 0.5) is 5.69 Å². The van der Waals surface area contributed by atoms with Crippen LogP contribution in [0.15, 0.2) is 54.1 Å². The van der Waals surface area contributed by atoms with E-state index in [1.807, 2.05) is 43.0 Å². The van der Waals surface area contributed by atoms with E-state index < -0.39 is 0 Å². The average molecular weight is 364 g/mol. The highest BCUT2D eigenvalue weighted by Gasteiger charge is 2.19. The highest BCUT2D eigenvalue weighted by molar-refractivity contribution is 5.97. The van der Waals surface area contributed by atoms with Crippen molar-refractivity contribution in [1.82, 2.24) is 10.2 Å². The van der Waals surface area contributed by atoms with Crippen molar-refractivity contribution in [1.29, 1.82) is 0 Å². The van der Waals surface area contributed by atoms with Gasteiger partial charge in [0.05, 0.1) is 0 Å². The van der Waals surface area contributed by atoms with E-state index >= 15 is 0 Å². The maximum atomic E-state index is 12.7. The van der Waals surface area contributed by atoms with Gasteiger partial charge in [-0.2, -0.15) is 0 Å². The fourth-order valence-electron chi connectivity index (χ4n) is 3.75. The second-order valence-electron chi connectivity index (χ2n) is 6.87. The summed E-state index contributed by atoms with van der Waals surface area (Å²) >= 11 is 0. The number of hydrogen-bond donors (Lipinski definition) is 2. The van der Waals surface area contributed by atoms with E-state index in [2.05, 4.69) is 29.6 Å². The first-order chi connectivity index (χ1) is 13.2. The minimum atomic E-state index is 0.0361. The molecule has 27 heavy (non-hydrogen) atoms. The highest BCUT2D eigenvalue weighted by atomic mass is 16.2. The lowest BCUT2D eigenvalue weighted by Crippen LogP contribution is -2.30. The Bertz CT molecular complexity index is 815. The summed E-state index contributed by atoms with van der Waals surface area (Å²) in [6.07, 6.45) is 2.04. The summed E-state index contributed by atoms with van der Waals surface area (Å²) in [5.74, 6) is 0.0361. The molecule has 1 heterocycles. The molecule has 0 atom stereocenters. The largest absolute Gasteiger partial charge is 0.398 e. The van der Waals surface area contributed by atoms with Crippen LogP contribution in [-0.4, -0.2) is 37.0 Å². The van der Waals surface area contributed by atoms with E-state index in [1.165, 1.54) is 16.7 Å². The molecule has 0 unspecified atom stereocenters. The van der Waals surface area contributed by atoms with Gasteiger partial charge in [-0.15, -0.1) is 0 Å². The van der Waals surface area contributed by atoms with Gasteiger partial charge >= 0.3 is 0 Å². The zero-order valence-electron chi connectivity index (χ0n) is 16.3. The Labute approximate surface area is 162 Å². The van der Waals surface area contributed by atoms with Crippen molar-refractivity contribution in [2.24, 2.45) is 0 Å². The maximum absolute atomic E-state index is 12.7. The third kappa shape index (κ3) is 4.22. The molecule has 4 nitrogen and oxygen atoms in total. The summed E-state index contributed by atoms with van der Waals surface area (Å²) in [5, 5.41) is 3.42. The van der Waals surface area contributed by atoms with Gasteiger partial charge in [0.2, 0.25) is 0 Å². The summed E-state index contributed by atoms with van der Waals surface area (Å²) in [7, 11) is 0. The molecular formula is C23H29N3O. The second-order valence-corrected chi connectivity index (χ2v) is 6.87. The number of hydrogen-bond acceptors (Lipinski definition) is 3. The monoisotopic (exact) mass is 363 g/mol. The van der Waals surface area contributed by atoms with Crippen LogP contribution in [0, 0.1) is 0 Å². The molecule has 1 saturated heterocycles. The summed E-state index contributed by atoms with van der Waals surface area (Å²) in [6, 6.07) is 16.2. The van der Waals surface area contributed by atoms with Gasteiger partial charge in [-0.05, 0) is 63.0 Å². The molecule has 142 valence electrons. The molecule has 0 saturated carbocycles. The van der Waals surface area contributed by atoms with Crippen LogP contribution >= 0.6 is 0 Å². The van der Waals surface area contributed by atoms with Gasteiger partial charge < -0.3 is 16.0 Å². The number of carbonyl (C=O) groups excluding carboxylic acids is 1. The minimum Gasteiger partial charge on any atom is -0.398 e. The van der Waals surface area contributed by atoms with Gasteiger partial charge in [-0.25, -0.2) is 0 Å². The SMILES string of the molecule is CCN(CC)C(=O)c1ccc(C(=C2CCNCC2)c2ccccc2)c(N)c1. The van der Waals surface area contributed by atoms with Crippen LogP contribution < -0.4 is 11.1 Å². The van der Waals surface area contributed by atoms with Gasteiger partial charge in [0.25, 0.3) is 5.91 Å². The Kier molecular flexibility index (Phi) is 6.30. The van der Waals surface area contributed by atoms with Crippen LogP contribution in [0.1, 0.15) is 48.2 Å². The van der Waals surface area contributed by atoms with Gasteiger partial charge in [0, 0.05) is 29.9 Å². The molecule has 0 radical (unpaired) electrons. The number of nitrogens with zero attached hydrogens (tertiary/aromatic N) is 1. The Morgan fingerprint density at radius 3 is 2.26 bits per heavy atom. The molecule has 3 rings (SSSR count). The Morgan fingerprint density at radius 2 is 1.67 bits per heavy atom. The number of amides is 1. The van der Waals surface area contributed by atoms with Crippen molar-refractivity contribution in [3.05, 3.63) is 70.8 Å². The molecule has 1 fully saturated rings. The van der Waals surface area contributed by atoms with Crippen molar-refractivity contribution < 1.29 is 4.79 Å². The van der Waals surface area contributed by atoms with Crippen LogP contribution in [0.25, 0.3) is 5.57 Å². The van der Waals surface area contributed by atoms with Crippen molar-refractivity contribution in [2.75, 3.05) is 31.9 Å². The Morgan fingerprint density at radius 1 is 1.00 bits per heavy atom. The predicted molar refractivity (Wildman–Crippen MR) is 113 cm³/mol. The predicted octanol–water partition coefficient (Wildman–Crippen LogP) is 3.94. The molecule has 4 heteroatoms. The quantitative estimate of drug-likeness (QED) is 0.791. The summed E-state index contributed by atoms with van der Waals surface area (Å²) in [4.78, 5) is 14.5. The van der Waals surface area contributed by atoms with Crippen LogP contribution in [0.2, 0.25) is 0 Å². The molecule has 1 aliphatic heterocycles. The van der Waals surface area contributed by atoms with E-state index in [9.17, 15) is 4.79 Å². The summed E-state index contributed by atoms with van der Waals surface area (Å²) in [5.41, 5.74) is 12.6. The van der Waals surface area contributed by atoms with Gasteiger partial charge in [-0.1, -0.05) is 42.0 Å². The van der Waals surface area contributed by atoms with Gasteiger partial charge in [0.15, 0.2) is 0 Å². The highest BCUT2D eigenvalue weighted by Crippen LogP contribution is 2.34. The number of nitrogens with one attached hydrogen (secondary N) is 1. The molecule has 0 aromatic heterocycles. The van der Waals surface area contributed by atoms with E-state index in [0.717, 1.165) is 31.5 Å². The molecule has 0 bridgehead atoms. The second kappa shape index (κ2) is 8.87. The third-order valence-electron chi connectivity index (χ3n) is 5.24. The van der Waals surface area contributed by atoms with Crippen molar-refractivity contribution in [2.45, 2.75) is 26.7 Å². The van der Waals surface area contributed by atoms with Gasteiger partial charge in [0.1, 0.15) is 0 Å². The number of benzene rings is 2. The fourth-order valence-corrected chi connectivity index (χ4v) is 3.75. The smallest absolute Gasteiger partial charge is 0.253 e. The molecule has 0 aliphatic carbocycles. The standard InChI is InChI=1S/C23H29N3O/c1-3-26(4-2)23(27)19-10-11-20(21(24)16-19)22(17-8-6-5-7-9-17)18-12-14-25-15-13-18/h5-11,16,25H,3-4,12-15,24H2,1-2H3. The van der Waals surface area contributed by atoms with E-state index in [4.69, 9.17) is 5.73 Å². The normalized spacial score (nSPS) is 14.1. The molecule has 1 aliphatic rings. The van der Waals surface area contributed by atoms with Gasteiger partial charge in [-0.3, -0.25) is 4.79 Å². The fraction of sp³-hybridized carbons (Fsp3) is 0.348. The van der Waals surface area contributed by atoms with Crippen molar-refractivity contribution >= 4 is 17.2 Å². The Balaban J connectivity index is 2.05. The van der Waals surface area contributed by atoms with Crippen molar-refractivity contribution in [3.63, 3.8) is 0 Å². The average Bonchev–Trinajstić information content (AvgIpc) is 2.72. The number of rotatable bonds is 5. The summed E-state index contributed by atoms with van der Waals surface area (Å²) < 4.78 is 0. The number of nitrogen functional groups attached to an aromatic ring is 1. The van der Waals surface area contributed by atoms with Crippen LogP contribution in [-0.2, 0) is 0 Å². The lowest BCUT2D eigenvalue weighted by molar-refractivity contribution is 0.0773. The maximum Gasteiger partial charge on any atom is 0.253 e. The van der Waals surface area contributed by atoms with E-state index in [0.29, 0.717) is 24.3 Å². The lowest BCUT2D eigenvalue weighted by atomic mass is 9.87. The zero-order chi connectivity index (χ0) is 19.2. The molecule has 1 amide bonds. The molecule has 2 aromatic carbocycles. The Hall–Kier alpha value is -2.59. The molecule has 3 N–H and O–H groups in total. The first kappa shape index (κ1) is 19.2. The first-order valence-corrected chi connectivity index (χ1v) is 9.83. The van der Waals surface area contributed by atoms with E-state index in [-0.39, 0.29) is 5.91 Å². The molecule has 2 aromatic rings. The molecular weight excluding hydrogens is 334 g/mol. The zero-order valence-corrected chi connectivity index (χ0v) is 16.3. The topological polar surface area (TPSA) is 58.4 Å². The minimum absolute atomic E-state index is 0.0361. The van der Waals surface area contributed by atoms with Crippen LogP contribution in [0.5, 0.6) is 0 Å². The lowest BCUT2D eigenvalue weighted by Gasteiger charge is -2.23. The van der Waals surface area contributed by atoms with Crippen molar-refractivity contribution in [3.8, 4) is 0 Å². The first-order valence-electron chi connectivity index (χ1n) is 9.83. The number of piperidine rings is 1. The number of carbonyl (C=O) groups is 1. The molecule has 0 spiro atoms. The van der Waals surface area contributed by atoms with Crippen LogP contribution in [0.3, 0.4) is 0 Å². The van der Waals surface area contributed by atoms with E-state index in [1.54, 1.807) is 0 Å². The third-order valence-corrected chi connectivity index (χ3v) is 5.24. The summed E-state index contributed by atoms with van der Waals surface area (Å²) in [6.45, 7) is 7.36.